The first-order valence-corrected chi connectivity index (χ1v) is 6.28. The van der Waals surface area contributed by atoms with Gasteiger partial charge in [0.05, 0.1) is 11.3 Å². The molecule has 0 unspecified atom stereocenters. The number of hydrogen-bond acceptors (Lipinski definition) is 3. The highest BCUT2D eigenvalue weighted by molar-refractivity contribution is 5.66. The molecule has 18 heavy (non-hydrogen) atoms. The molecule has 0 saturated heterocycles. The van der Waals surface area contributed by atoms with Gasteiger partial charge >= 0.3 is 0 Å². The van der Waals surface area contributed by atoms with Crippen LogP contribution in [-0.2, 0) is 0 Å². The SMILES string of the molecule is CC(C)c1noc(C2CC2)c1-c1ncccc1F. The van der Waals surface area contributed by atoms with Crippen molar-refractivity contribution in [2.75, 3.05) is 0 Å². The predicted molar refractivity (Wildman–Crippen MR) is 65.8 cm³/mol. The summed E-state index contributed by atoms with van der Waals surface area (Å²) < 4.78 is 19.4. The van der Waals surface area contributed by atoms with Crippen LogP contribution in [0.1, 0.15) is 50.0 Å². The van der Waals surface area contributed by atoms with Crippen molar-refractivity contribution in [2.24, 2.45) is 0 Å². The minimum Gasteiger partial charge on any atom is -0.360 e. The number of rotatable bonds is 3. The smallest absolute Gasteiger partial charge is 0.149 e. The maximum absolute atomic E-state index is 13.9. The van der Waals surface area contributed by atoms with E-state index >= 15 is 0 Å². The predicted octanol–water partition coefficient (Wildman–Crippen LogP) is 3.88. The summed E-state index contributed by atoms with van der Waals surface area (Å²) in [5.41, 5.74) is 1.93. The molecule has 94 valence electrons. The van der Waals surface area contributed by atoms with E-state index in [0.717, 1.165) is 29.9 Å². The van der Waals surface area contributed by atoms with Crippen molar-refractivity contribution in [1.82, 2.24) is 10.1 Å². The molecule has 0 amide bonds. The van der Waals surface area contributed by atoms with Gasteiger partial charge in [0.15, 0.2) is 0 Å². The van der Waals surface area contributed by atoms with Crippen LogP contribution in [0, 0.1) is 5.82 Å². The monoisotopic (exact) mass is 246 g/mol. The zero-order chi connectivity index (χ0) is 12.7. The topological polar surface area (TPSA) is 38.9 Å². The third-order valence-electron chi connectivity index (χ3n) is 3.24. The Kier molecular flexibility index (Phi) is 2.65. The van der Waals surface area contributed by atoms with Gasteiger partial charge in [-0.15, -0.1) is 0 Å². The van der Waals surface area contributed by atoms with Crippen LogP contribution in [0.2, 0.25) is 0 Å². The van der Waals surface area contributed by atoms with Gasteiger partial charge in [0.1, 0.15) is 17.3 Å². The third kappa shape index (κ3) is 1.82. The summed E-state index contributed by atoms with van der Waals surface area (Å²) in [7, 11) is 0. The summed E-state index contributed by atoms with van der Waals surface area (Å²) in [5, 5.41) is 4.11. The summed E-state index contributed by atoms with van der Waals surface area (Å²) in [4.78, 5) is 4.16. The average Bonchev–Trinajstić information content (AvgIpc) is 3.09. The molecular weight excluding hydrogens is 231 g/mol. The molecule has 2 heterocycles. The maximum atomic E-state index is 13.9. The third-order valence-corrected chi connectivity index (χ3v) is 3.24. The largest absolute Gasteiger partial charge is 0.360 e. The van der Waals surface area contributed by atoms with Gasteiger partial charge in [-0.3, -0.25) is 4.98 Å². The number of pyridine rings is 1. The Balaban J connectivity index is 2.19. The molecular formula is C14H15FN2O. The van der Waals surface area contributed by atoms with E-state index in [4.69, 9.17) is 4.52 Å². The fraction of sp³-hybridized carbons (Fsp3) is 0.429. The molecule has 1 aliphatic carbocycles. The fourth-order valence-electron chi connectivity index (χ4n) is 2.14. The van der Waals surface area contributed by atoms with Gasteiger partial charge < -0.3 is 4.52 Å². The minimum absolute atomic E-state index is 0.192. The normalized spacial score (nSPS) is 15.3. The molecule has 0 radical (unpaired) electrons. The van der Waals surface area contributed by atoms with Crippen molar-refractivity contribution in [3.8, 4) is 11.3 Å². The van der Waals surface area contributed by atoms with Crippen molar-refractivity contribution in [2.45, 2.75) is 38.5 Å². The second-order valence-corrected chi connectivity index (χ2v) is 5.07. The van der Waals surface area contributed by atoms with E-state index in [1.807, 2.05) is 13.8 Å². The van der Waals surface area contributed by atoms with Crippen molar-refractivity contribution >= 4 is 0 Å². The first-order valence-electron chi connectivity index (χ1n) is 6.28. The summed E-state index contributed by atoms with van der Waals surface area (Å²) in [5.74, 6) is 1.07. The Morgan fingerprint density at radius 3 is 2.78 bits per heavy atom. The lowest BCUT2D eigenvalue weighted by atomic mass is 9.99. The molecule has 0 atom stereocenters. The molecule has 0 bridgehead atoms. The van der Waals surface area contributed by atoms with E-state index in [1.165, 1.54) is 6.07 Å². The lowest BCUT2D eigenvalue weighted by Crippen LogP contribution is -1.96. The number of halogens is 1. The lowest BCUT2D eigenvalue weighted by molar-refractivity contribution is 0.376. The zero-order valence-corrected chi connectivity index (χ0v) is 10.5. The Labute approximate surface area is 105 Å². The van der Waals surface area contributed by atoms with Gasteiger partial charge in [0.25, 0.3) is 0 Å². The Hall–Kier alpha value is -1.71. The van der Waals surface area contributed by atoms with E-state index in [-0.39, 0.29) is 11.7 Å². The van der Waals surface area contributed by atoms with Gasteiger partial charge in [-0.05, 0) is 30.9 Å². The highest BCUT2D eigenvalue weighted by Gasteiger charge is 2.34. The number of nitrogens with zero attached hydrogens (tertiary/aromatic N) is 2. The van der Waals surface area contributed by atoms with Crippen LogP contribution in [0.3, 0.4) is 0 Å². The second-order valence-electron chi connectivity index (χ2n) is 5.07. The van der Waals surface area contributed by atoms with Crippen LogP contribution in [-0.4, -0.2) is 10.1 Å². The summed E-state index contributed by atoms with van der Waals surface area (Å²) >= 11 is 0. The van der Waals surface area contributed by atoms with E-state index < -0.39 is 0 Å². The highest BCUT2D eigenvalue weighted by atomic mass is 19.1. The van der Waals surface area contributed by atoms with Crippen LogP contribution in [0.15, 0.2) is 22.9 Å². The molecule has 1 saturated carbocycles. The van der Waals surface area contributed by atoms with Crippen molar-refractivity contribution in [1.29, 1.82) is 0 Å². The quantitative estimate of drug-likeness (QED) is 0.825. The van der Waals surface area contributed by atoms with Crippen LogP contribution in [0.4, 0.5) is 4.39 Å². The minimum atomic E-state index is -0.315. The van der Waals surface area contributed by atoms with Crippen LogP contribution in [0.25, 0.3) is 11.3 Å². The fourth-order valence-corrected chi connectivity index (χ4v) is 2.14. The van der Waals surface area contributed by atoms with Crippen molar-refractivity contribution in [3.05, 3.63) is 35.6 Å². The number of aromatic nitrogens is 2. The van der Waals surface area contributed by atoms with Gasteiger partial charge in [0, 0.05) is 12.1 Å². The van der Waals surface area contributed by atoms with Gasteiger partial charge in [-0.25, -0.2) is 4.39 Å². The molecule has 2 aromatic heterocycles. The standard InChI is InChI=1S/C14H15FN2O/c1-8(2)12-11(13-10(15)4-3-7-16-13)14(18-17-12)9-5-6-9/h3-4,7-9H,5-6H2,1-2H3. The van der Waals surface area contributed by atoms with E-state index in [0.29, 0.717) is 11.6 Å². The maximum Gasteiger partial charge on any atom is 0.149 e. The molecule has 2 aromatic rings. The molecule has 0 N–H and O–H groups in total. The molecule has 0 aliphatic heterocycles. The van der Waals surface area contributed by atoms with E-state index in [1.54, 1.807) is 12.3 Å². The molecule has 0 spiro atoms. The van der Waals surface area contributed by atoms with Crippen LogP contribution < -0.4 is 0 Å². The van der Waals surface area contributed by atoms with Crippen molar-refractivity contribution in [3.63, 3.8) is 0 Å². The van der Waals surface area contributed by atoms with E-state index in [9.17, 15) is 4.39 Å². The molecule has 1 aliphatic rings. The first-order chi connectivity index (χ1) is 8.68. The van der Waals surface area contributed by atoms with E-state index in [2.05, 4.69) is 10.1 Å². The molecule has 3 nitrogen and oxygen atoms in total. The van der Waals surface area contributed by atoms with Crippen molar-refractivity contribution < 1.29 is 8.91 Å². The van der Waals surface area contributed by atoms with Gasteiger partial charge in [0.2, 0.25) is 0 Å². The summed E-state index contributed by atoms with van der Waals surface area (Å²) in [6.45, 7) is 4.05. The van der Waals surface area contributed by atoms with Crippen LogP contribution in [0.5, 0.6) is 0 Å². The second kappa shape index (κ2) is 4.19. The Bertz CT molecular complexity index is 553. The number of hydrogen-bond donors (Lipinski definition) is 0. The van der Waals surface area contributed by atoms with Crippen LogP contribution >= 0.6 is 0 Å². The molecule has 4 heteroatoms. The Morgan fingerprint density at radius 1 is 1.39 bits per heavy atom. The summed E-state index contributed by atoms with van der Waals surface area (Å²) in [6, 6.07) is 3.02. The molecule has 1 fully saturated rings. The first kappa shape index (κ1) is 11.4. The van der Waals surface area contributed by atoms with Gasteiger partial charge in [-0.2, -0.15) is 0 Å². The molecule has 3 rings (SSSR count). The molecule has 0 aromatic carbocycles. The van der Waals surface area contributed by atoms with Gasteiger partial charge in [-0.1, -0.05) is 19.0 Å². The summed E-state index contributed by atoms with van der Waals surface area (Å²) in [6.07, 6.45) is 3.79. The lowest BCUT2D eigenvalue weighted by Gasteiger charge is -2.06. The zero-order valence-electron chi connectivity index (χ0n) is 10.5. The average molecular weight is 246 g/mol. The Morgan fingerprint density at radius 2 is 2.17 bits per heavy atom. The highest BCUT2D eigenvalue weighted by Crippen LogP contribution is 2.46.